The van der Waals surface area contributed by atoms with Crippen LogP contribution in [0.25, 0.3) is 0 Å². The average molecular weight is 308 g/mol. The smallest absolute Gasteiger partial charge is 0.211 e. The molecule has 1 aromatic carbocycles. The highest BCUT2D eigenvalue weighted by atomic mass is 32.2. The molecule has 2 aliphatic rings. The first-order valence-electron chi connectivity index (χ1n) is 7.79. The predicted octanol–water partition coefficient (Wildman–Crippen LogP) is 1.55. The van der Waals surface area contributed by atoms with Gasteiger partial charge in [-0.3, -0.25) is 0 Å². The number of rotatable bonds is 3. The highest BCUT2D eigenvalue weighted by molar-refractivity contribution is 7.88. The van der Waals surface area contributed by atoms with Crippen molar-refractivity contribution < 1.29 is 8.42 Å². The van der Waals surface area contributed by atoms with Gasteiger partial charge in [-0.15, -0.1) is 0 Å². The van der Waals surface area contributed by atoms with E-state index in [0.717, 1.165) is 38.8 Å². The lowest BCUT2D eigenvalue weighted by atomic mass is 9.87. The molecular formula is C16H24N2O2S. The molecule has 2 aliphatic heterocycles. The zero-order valence-electron chi connectivity index (χ0n) is 12.6. The fourth-order valence-electron chi connectivity index (χ4n) is 3.58. The standard InChI is InChI=1S/C16H24N2O2S/c1-21(19,20)18-9-3-4-13(12-18)10-15-6-2-5-14-7-8-17-11-16(14)15/h2,5-6,13,17H,3-4,7-12H2,1H3. The molecule has 0 amide bonds. The topological polar surface area (TPSA) is 49.4 Å². The maximum Gasteiger partial charge on any atom is 0.211 e. The van der Waals surface area contributed by atoms with Crippen LogP contribution in [0.3, 0.4) is 0 Å². The summed E-state index contributed by atoms with van der Waals surface area (Å²) in [5, 5.41) is 3.45. The van der Waals surface area contributed by atoms with Gasteiger partial charge in [-0.1, -0.05) is 18.2 Å². The molecule has 3 rings (SSSR count). The Kier molecular flexibility index (Phi) is 4.33. The summed E-state index contributed by atoms with van der Waals surface area (Å²) in [6, 6.07) is 6.59. The number of fused-ring (bicyclic) bond motifs is 1. The van der Waals surface area contributed by atoms with Gasteiger partial charge in [-0.25, -0.2) is 12.7 Å². The van der Waals surface area contributed by atoms with E-state index in [9.17, 15) is 8.42 Å². The Morgan fingerprint density at radius 3 is 3.05 bits per heavy atom. The molecule has 0 aromatic heterocycles. The molecule has 1 aromatic rings. The van der Waals surface area contributed by atoms with Crippen LogP contribution < -0.4 is 5.32 Å². The molecule has 0 saturated carbocycles. The Labute approximate surface area is 127 Å². The summed E-state index contributed by atoms with van der Waals surface area (Å²) >= 11 is 0. The molecule has 0 bridgehead atoms. The summed E-state index contributed by atoms with van der Waals surface area (Å²) in [7, 11) is -3.05. The number of piperidine rings is 1. The van der Waals surface area contributed by atoms with Crippen molar-refractivity contribution in [2.75, 3.05) is 25.9 Å². The van der Waals surface area contributed by atoms with Crippen molar-refractivity contribution in [2.45, 2.75) is 32.2 Å². The molecule has 1 atom stereocenters. The van der Waals surface area contributed by atoms with Crippen LogP contribution in [0.5, 0.6) is 0 Å². The number of hydrogen-bond donors (Lipinski definition) is 1. The highest BCUT2D eigenvalue weighted by Gasteiger charge is 2.26. The van der Waals surface area contributed by atoms with Crippen molar-refractivity contribution in [2.24, 2.45) is 5.92 Å². The number of benzene rings is 1. The number of nitrogens with one attached hydrogen (secondary N) is 1. The average Bonchev–Trinajstić information content (AvgIpc) is 2.47. The van der Waals surface area contributed by atoms with Gasteiger partial charge in [0.25, 0.3) is 0 Å². The second kappa shape index (κ2) is 6.07. The Bertz CT molecular complexity index is 613. The third-order valence-corrected chi connectivity index (χ3v) is 5.97. The Morgan fingerprint density at radius 2 is 2.24 bits per heavy atom. The highest BCUT2D eigenvalue weighted by Crippen LogP contribution is 2.26. The van der Waals surface area contributed by atoms with Crippen molar-refractivity contribution in [3.8, 4) is 0 Å². The molecule has 0 radical (unpaired) electrons. The number of nitrogens with zero attached hydrogens (tertiary/aromatic N) is 1. The second-order valence-electron chi connectivity index (χ2n) is 6.31. The van der Waals surface area contributed by atoms with E-state index < -0.39 is 10.0 Å². The second-order valence-corrected chi connectivity index (χ2v) is 8.30. The molecular weight excluding hydrogens is 284 g/mol. The van der Waals surface area contributed by atoms with Crippen LogP contribution in [0.1, 0.15) is 29.5 Å². The lowest BCUT2D eigenvalue weighted by Crippen LogP contribution is -2.40. The minimum atomic E-state index is -3.05. The van der Waals surface area contributed by atoms with E-state index in [-0.39, 0.29) is 0 Å². The molecule has 5 heteroatoms. The minimum Gasteiger partial charge on any atom is -0.312 e. The first-order chi connectivity index (χ1) is 10.0. The van der Waals surface area contributed by atoms with Gasteiger partial charge < -0.3 is 5.32 Å². The molecule has 116 valence electrons. The van der Waals surface area contributed by atoms with E-state index >= 15 is 0 Å². The molecule has 1 fully saturated rings. The van der Waals surface area contributed by atoms with Crippen LogP contribution >= 0.6 is 0 Å². The van der Waals surface area contributed by atoms with Gasteiger partial charge in [0.05, 0.1) is 6.26 Å². The summed E-state index contributed by atoms with van der Waals surface area (Å²) in [5.41, 5.74) is 4.31. The van der Waals surface area contributed by atoms with Crippen LogP contribution in [0.4, 0.5) is 0 Å². The van der Waals surface area contributed by atoms with E-state index in [1.54, 1.807) is 4.31 Å². The fraction of sp³-hybridized carbons (Fsp3) is 0.625. The maximum atomic E-state index is 11.7. The fourth-order valence-corrected chi connectivity index (χ4v) is 4.52. The summed E-state index contributed by atoms with van der Waals surface area (Å²) in [4.78, 5) is 0. The Balaban J connectivity index is 1.75. The normalized spacial score (nSPS) is 23.8. The molecule has 0 spiro atoms. The quantitative estimate of drug-likeness (QED) is 0.921. The molecule has 0 aliphatic carbocycles. The molecule has 4 nitrogen and oxygen atoms in total. The zero-order chi connectivity index (χ0) is 14.9. The molecule has 1 N–H and O–H groups in total. The molecule has 1 saturated heterocycles. The van der Waals surface area contributed by atoms with Gasteiger partial charge in [-0.05, 0) is 54.8 Å². The first kappa shape index (κ1) is 15.0. The number of sulfonamides is 1. The SMILES string of the molecule is CS(=O)(=O)N1CCCC(Cc2cccc3c2CNCC3)C1. The summed E-state index contributed by atoms with van der Waals surface area (Å²) in [6.07, 6.45) is 5.53. The monoisotopic (exact) mass is 308 g/mol. The van der Waals surface area contributed by atoms with Gasteiger partial charge in [0.15, 0.2) is 0 Å². The van der Waals surface area contributed by atoms with E-state index in [4.69, 9.17) is 0 Å². The minimum absolute atomic E-state index is 0.446. The first-order valence-corrected chi connectivity index (χ1v) is 9.64. The van der Waals surface area contributed by atoms with Crippen LogP contribution in [0, 0.1) is 5.92 Å². The van der Waals surface area contributed by atoms with Gasteiger partial charge >= 0.3 is 0 Å². The van der Waals surface area contributed by atoms with E-state index in [2.05, 4.69) is 23.5 Å². The largest absolute Gasteiger partial charge is 0.312 e. The van der Waals surface area contributed by atoms with E-state index in [1.807, 2.05) is 0 Å². The molecule has 21 heavy (non-hydrogen) atoms. The lowest BCUT2D eigenvalue weighted by molar-refractivity contribution is 0.266. The Hall–Kier alpha value is -0.910. The van der Waals surface area contributed by atoms with Crippen molar-refractivity contribution in [1.29, 1.82) is 0 Å². The van der Waals surface area contributed by atoms with Gasteiger partial charge in [0.2, 0.25) is 10.0 Å². The van der Waals surface area contributed by atoms with Crippen molar-refractivity contribution >= 4 is 10.0 Å². The van der Waals surface area contributed by atoms with Gasteiger partial charge in [-0.2, -0.15) is 0 Å². The van der Waals surface area contributed by atoms with Crippen LogP contribution in [0.15, 0.2) is 18.2 Å². The third kappa shape index (κ3) is 3.47. The predicted molar refractivity (Wildman–Crippen MR) is 84.7 cm³/mol. The van der Waals surface area contributed by atoms with Gasteiger partial charge in [0, 0.05) is 19.6 Å². The lowest BCUT2D eigenvalue weighted by Gasteiger charge is -2.32. The Morgan fingerprint density at radius 1 is 1.38 bits per heavy atom. The summed E-state index contributed by atoms with van der Waals surface area (Å²) < 4.78 is 25.1. The molecule has 2 heterocycles. The van der Waals surface area contributed by atoms with Crippen LogP contribution in [0.2, 0.25) is 0 Å². The maximum absolute atomic E-state index is 11.7. The third-order valence-electron chi connectivity index (χ3n) is 4.70. The van der Waals surface area contributed by atoms with Gasteiger partial charge in [0.1, 0.15) is 0 Å². The number of hydrogen-bond acceptors (Lipinski definition) is 3. The summed E-state index contributed by atoms with van der Waals surface area (Å²) in [5.74, 6) is 0.446. The zero-order valence-corrected chi connectivity index (χ0v) is 13.5. The van der Waals surface area contributed by atoms with Crippen LogP contribution in [-0.2, 0) is 29.4 Å². The van der Waals surface area contributed by atoms with Crippen molar-refractivity contribution in [3.63, 3.8) is 0 Å². The molecule has 1 unspecified atom stereocenters. The van der Waals surface area contributed by atoms with E-state index in [0.29, 0.717) is 19.0 Å². The van der Waals surface area contributed by atoms with E-state index in [1.165, 1.54) is 22.9 Å². The summed E-state index contributed by atoms with van der Waals surface area (Å²) in [6.45, 7) is 3.37. The van der Waals surface area contributed by atoms with Crippen molar-refractivity contribution in [1.82, 2.24) is 9.62 Å². The van der Waals surface area contributed by atoms with Crippen molar-refractivity contribution in [3.05, 3.63) is 34.9 Å². The van der Waals surface area contributed by atoms with Crippen LogP contribution in [-0.4, -0.2) is 38.6 Å².